The quantitative estimate of drug-likeness (QED) is 0.737. The number of carbonyl (C=O) groups excluding carboxylic acids is 1. The average Bonchev–Trinajstić information content (AvgIpc) is 2.62. The van der Waals surface area contributed by atoms with Crippen LogP contribution in [0.1, 0.15) is 26.2 Å². The Hall–Kier alpha value is -1.64. The van der Waals surface area contributed by atoms with Crippen molar-refractivity contribution in [3.8, 4) is 5.75 Å². The van der Waals surface area contributed by atoms with E-state index < -0.39 is 10.2 Å². The molecule has 0 spiro atoms. The van der Waals surface area contributed by atoms with Crippen LogP contribution in [-0.2, 0) is 15.0 Å². The standard InChI is InChI=1S/C18H29N3O4S/c1-4-15-14-21(12-10-17(15)19-26(23,24)20(2)3)18(22)11-13-25-16-8-6-5-7-9-16/h5-9,15,17,19H,4,10-14H2,1-3H3/t15-,17+/m1/s1. The highest BCUT2D eigenvalue weighted by molar-refractivity contribution is 7.87. The Bertz CT molecular complexity index is 679. The molecule has 1 aromatic carbocycles. The van der Waals surface area contributed by atoms with E-state index >= 15 is 0 Å². The smallest absolute Gasteiger partial charge is 0.279 e. The van der Waals surface area contributed by atoms with E-state index in [9.17, 15) is 13.2 Å². The third-order valence-corrected chi connectivity index (χ3v) is 6.28. The number of hydrogen-bond donors (Lipinski definition) is 1. The zero-order valence-corrected chi connectivity index (χ0v) is 16.5. The van der Waals surface area contributed by atoms with Crippen LogP contribution in [0.3, 0.4) is 0 Å². The van der Waals surface area contributed by atoms with Crippen molar-refractivity contribution in [2.45, 2.75) is 32.2 Å². The van der Waals surface area contributed by atoms with Crippen molar-refractivity contribution in [1.82, 2.24) is 13.9 Å². The molecule has 0 aliphatic carbocycles. The second kappa shape index (κ2) is 9.34. The van der Waals surface area contributed by atoms with Crippen LogP contribution in [0, 0.1) is 5.92 Å². The van der Waals surface area contributed by atoms with Crippen LogP contribution in [0.5, 0.6) is 5.75 Å². The first kappa shape index (κ1) is 20.7. The van der Waals surface area contributed by atoms with Crippen molar-refractivity contribution in [2.75, 3.05) is 33.8 Å². The summed E-state index contributed by atoms with van der Waals surface area (Å²) in [6.07, 6.45) is 1.75. The number of benzene rings is 1. The van der Waals surface area contributed by atoms with Crippen LogP contribution in [0.15, 0.2) is 30.3 Å². The van der Waals surface area contributed by atoms with Crippen LogP contribution >= 0.6 is 0 Å². The van der Waals surface area contributed by atoms with E-state index in [1.807, 2.05) is 42.2 Å². The normalized spacial score (nSPS) is 21.0. The molecular formula is C18H29N3O4S. The van der Waals surface area contributed by atoms with Gasteiger partial charge in [-0.25, -0.2) is 0 Å². The summed E-state index contributed by atoms with van der Waals surface area (Å²) in [6.45, 7) is 3.49. The van der Waals surface area contributed by atoms with Gasteiger partial charge in [0.15, 0.2) is 0 Å². The predicted octanol–water partition coefficient (Wildman–Crippen LogP) is 1.48. The maximum Gasteiger partial charge on any atom is 0.279 e. The lowest BCUT2D eigenvalue weighted by Gasteiger charge is -2.38. The van der Waals surface area contributed by atoms with Gasteiger partial charge in [0.1, 0.15) is 5.75 Å². The molecule has 1 aliphatic heterocycles. The van der Waals surface area contributed by atoms with Crippen molar-refractivity contribution in [1.29, 1.82) is 0 Å². The van der Waals surface area contributed by atoms with Gasteiger partial charge >= 0.3 is 0 Å². The molecular weight excluding hydrogens is 354 g/mol. The third kappa shape index (κ3) is 5.69. The van der Waals surface area contributed by atoms with E-state index in [2.05, 4.69) is 4.72 Å². The van der Waals surface area contributed by atoms with Crippen molar-refractivity contribution in [3.63, 3.8) is 0 Å². The zero-order valence-electron chi connectivity index (χ0n) is 15.7. The van der Waals surface area contributed by atoms with E-state index in [1.54, 1.807) is 0 Å². The van der Waals surface area contributed by atoms with Gasteiger partial charge in [-0.3, -0.25) is 4.79 Å². The Morgan fingerprint density at radius 2 is 2.00 bits per heavy atom. The van der Waals surface area contributed by atoms with Gasteiger partial charge in [-0.15, -0.1) is 0 Å². The summed E-state index contributed by atoms with van der Waals surface area (Å²) in [4.78, 5) is 14.3. The Kier molecular flexibility index (Phi) is 7.43. The molecule has 1 aromatic rings. The summed E-state index contributed by atoms with van der Waals surface area (Å²) in [7, 11) is -0.446. The lowest BCUT2D eigenvalue weighted by atomic mass is 9.90. The monoisotopic (exact) mass is 383 g/mol. The molecule has 2 rings (SSSR count). The minimum absolute atomic E-state index is 0.0493. The SMILES string of the molecule is CC[C@@H]1CN(C(=O)CCOc2ccccc2)CC[C@@H]1NS(=O)(=O)N(C)C. The van der Waals surface area contributed by atoms with Gasteiger partial charge in [0.2, 0.25) is 5.91 Å². The van der Waals surface area contributed by atoms with E-state index in [-0.39, 0.29) is 17.9 Å². The summed E-state index contributed by atoms with van der Waals surface area (Å²) >= 11 is 0. The van der Waals surface area contributed by atoms with E-state index in [0.29, 0.717) is 32.5 Å². The molecule has 2 atom stereocenters. The number of para-hydroxylation sites is 1. The van der Waals surface area contributed by atoms with Crippen molar-refractivity contribution in [2.24, 2.45) is 5.92 Å². The molecule has 8 heteroatoms. The fraction of sp³-hybridized carbons (Fsp3) is 0.611. The Balaban J connectivity index is 1.84. The maximum atomic E-state index is 12.4. The van der Waals surface area contributed by atoms with Gasteiger partial charge in [-0.05, 0) is 24.5 Å². The topological polar surface area (TPSA) is 79.0 Å². The molecule has 26 heavy (non-hydrogen) atoms. The van der Waals surface area contributed by atoms with Gasteiger partial charge < -0.3 is 9.64 Å². The molecule has 1 aliphatic rings. The summed E-state index contributed by atoms with van der Waals surface area (Å²) in [5, 5.41) is 0. The summed E-state index contributed by atoms with van der Waals surface area (Å²) < 4.78 is 33.7. The predicted molar refractivity (Wildman–Crippen MR) is 101 cm³/mol. The Labute approximate surface area is 156 Å². The van der Waals surface area contributed by atoms with Crippen LogP contribution in [0.2, 0.25) is 0 Å². The number of amides is 1. The summed E-state index contributed by atoms with van der Waals surface area (Å²) in [5.41, 5.74) is 0. The van der Waals surface area contributed by atoms with E-state index in [1.165, 1.54) is 18.4 Å². The number of likely N-dealkylation sites (tertiary alicyclic amines) is 1. The number of carbonyl (C=O) groups is 1. The summed E-state index contributed by atoms with van der Waals surface area (Å²) in [6, 6.07) is 9.28. The molecule has 7 nitrogen and oxygen atoms in total. The van der Waals surface area contributed by atoms with Gasteiger partial charge in [0, 0.05) is 33.2 Å². The number of nitrogens with zero attached hydrogens (tertiary/aromatic N) is 2. The molecule has 1 heterocycles. The number of hydrogen-bond acceptors (Lipinski definition) is 4. The molecule has 0 unspecified atom stereocenters. The minimum Gasteiger partial charge on any atom is -0.493 e. The number of piperidine rings is 1. The van der Waals surface area contributed by atoms with E-state index in [4.69, 9.17) is 4.74 Å². The Morgan fingerprint density at radius 3 is 2.62 bits per heavy atom. The lowest BCUT2D eigenvalue weighted by molar-refractivity contribution is -0.133. The first-order valence-corrected chi connectivity index (χ1v) is 10.4. The van der Waals surface area contributed by atoms with Gasteiger partial charge in [0.25, 0.3) is 10.2 Å². The second-order valence-electron chi connectivity index (χ2n) is 6.72. The molecule has 0 saturated carbocycles. The van der Waals surface area contributed by atoms with Crippen molar-refractivity contribution >= 4 is 16.1 Å². The van der Waals surface area contributed by atoms with Crippen molar-refractivity contribution in [3.05, 3.63) is 30.3 Å². The van der Waals surface area contributed by atoms with Gasteiger partial charge in [-0.2, -0.15) is 17.4 Å². The summed E-state index contributed by atoms with van der Waals surface area (Å²) in [5.74, 6) is 0.911. The molecule has 1 fully saturated rings. The lowest BCUT2D eigenvalue weighted by Crippen LogP contribution is -2.54. The highest BCUT2D eigenvalue weighted by Crippen LogP contribution is 2.22. The van der Waals surface area contributed by atoms with Gasteiger partial charge in [-0.1, -0.05) is 31.5 Å². The number of rotatable bonds is 8. The zero-order chi connectivity index (χ0) is 19.2. The van der Waals surface area contributed by atoms with Crippen LogP contribution in [-0.4, -0.2) is 63.4 Å². The largest absolute Gasteiger partial charge is 0.493 e. The highest BCUT2D eigenvalue weighted by atomic mass is 32.2. The van der Waals surface area contributed by atoms with E-state index in [0.717, 1.165) is 12.2 Å². The fourth-order valence-corrected chi connectivity index (χ4v) is 3.96. The fourth-order valence-electron chi connectivity index (χ4n) is 3.06. The molecule has 146 valence electrons. The first-order valence-electron chi connectivity index (χ1n) is 8.99. The second-order valence-corrected chi connectivity index (χ2v) is 8.64. The highest BCUT2D eigenvalue weighted by Gasteiger charge is 2.33. The third-order valence-electron chi connectivity index (χ3n) is 4.72. The van der Waals surface area contributed by atoms with Crippen molar-refractivity contribution < 1.29 is 17.9 Å². The van der Waals surface area contributed by atoms with Crippen LogP contribution in [0.4, 0.5) is 0 Å². The molecule has 0 aromatic heterocycles. The number of nitrogens with one attached hydrogen (secondary N) is 1. The maximum absolute atomic E-state index is 12.4. The molecule has 0 radical (unpaired) electrons. The molecule has 0 bridgehead atoms. The van der Waals surface area contributed by atoms with Gasteiger partial charge in [0.05, 0.1) is 13.0 Å². The van der Waals surface area contributed by atoms with Crippen LogP contribution < -0.4 is 9.46 Å². The van der Waals surface area contributed by atoms with Crippen LogP contribution in [0.25, 0.3) is 0 Å². The first-order chi connectivity index (χ1) is 12.3. The molecule has 1 saturated heterocycles. The Morgan fingerprint density at radius 1 is 1.31 bits per heavy atom. The molecule has 1 N–H and O–H groups in total. The molecule has 1 amide bonds. The number of ether oxygens (including phenoxy) is 1. The average molecular weight is 384 g/mol. The minimum atomic E-state index is -3.46.